The van der Waals surface area contributed by atoms with Gasteiger partial charge in [0.1, 0.15) is 5.75 Å². The molecule has 0 bridgehead atoms. The molecule has 106 valence electrons. The number of nitrogens with two attached hydrogens (primary N) is 1. The minimum absolute atomic E-state index is 0.00156. The molecule has 1 unspecified atom stereocenters. The van der Waals surface area contributed by atoms with Crippen LogP contribution in [0.1, 0.15) is 12.5 Å². The smallest absolute Gasteiger partial charge is 0.260 e. The van der Waals surface area contributed by atoms with Crippen LogP contribution in [-0.2, 0) is 16.1 Å². The summed E-state index contributed by atoms with van der Waals surface area (Å²) in [6, 6.07) is 7.47. The van der Waals surface area contributed by atoms with Crippen molar-refractivity contribution >= 4 is 5.91 Å². The second kappa shape index (κ2) is 7.76. The third-order valence-electron chi connectivity index (χ3n) is 3.01. The van der Waals surface area contributed by atoms with E-state index in [9.17, 15) is 4.79 Å². The average Bonchev–Trinajstić information content (AvgIpc) is 2.44. The normalized spacial score (nSPS) is 12.0. The van der Waals surface area contributed by atoms with E-state index in [0.717, 1.165) is 5.56 Å². The average molecular weight is 266 g/mol. The maximum atomic E-state index is 11.9. The molecular formula is C14H22N2O3. The number of nitrogens with zero attached hydrogens (tertiary/aromatic N) is 1. The van der Waals surface area contributed by atoms with Crippen molar-refractivity contribution < 1.29 is 14.3 Å². The number of para-hydroxylation sites is 1. The van der Waals surface area contributed by atoms with Crippen molar-refractivity contribution in [2.24, 2.45) is 5.73 Å². The predicted molar refractivity (Wildman–Crippen MR) is 73.9 cm³/mol. The Morgan fingerprint density at radius 3 is 2.74 bits per heavy atom. The number of carbonyl (C=O) groups is 1. The summed E-state index contributed by atoms with van der Waals surface area (Å²) in [5.41, 5.74) is 6.50. The number of methoxy groups -OCH3 is 1. The number of likely N-dealkylation sites (N-methyl/N-ethyl adjacent to an activating group) is 1. The van der Waals surface area contributed by atoms with E-state index in [1.54, 1.807) is 19.1 Å². The Morgan fingerprint density at radius 1 is 1.42 bits per heavy atom. The van der Waals surface area contributed by atoms with Crippen LogP contribution in [-0.4, -0.2) is 44.2 Å². The molecule has 1 rings (SSSR count). The van der Waals surface area contributed by atoms with Crippen molar-refractivity contribution in [3.63, 3.8) is 0 Å². The van der Waals surface area contributed by atoms with Gasteiger partial charge >= 0.3 is 0 Å². The molecule has 0 aliphatic heterocycles. The van der Waals surface area contributed by atoms with E-state index in [0.29, 0.717) is 18.9 Å². The molecule has 1 aromatic carbocycles. The van der Waals surface area contributed by atoms with E-state index in [-0.39, 0.29) is 18.6 Å². The van der Waals surface area contributed by atoms with E-state index in [2.05, 4.69) is 0 Å². The number of carbonyl (C=O) groups excluding carboxylic acids is 1. The zero-order chi connectivity index (χ0) is 14.3. The molecule has 0 aromatic heterocycles. The summed E-state index contributed by atoms with van der Waals surface area (Å²) < 4.78 is 10.6. The highest BCUT2D eigenvalue weighted by molar-refractivity contribution is 5.77. The van der Waals surface area contributed by atoms with Crippen LogP contribution in [0.2, 0.25) is 0 Å². The maximum Gasteiger partial charge on any atom is 0.260 e. The van der Waals surface area contributed by atoms with E-state index in [1.165, 1.54) is 0 Å². The Kier molecular flexibility index (Phi) is 6.32. The highest BCUT2D eigenvalue weighted by Gasteiger charge is 2.16. The lowest BCUT2D eigenvalue weighted by atomic mass is 10.2. The third kappa shape index (κ3) is 4.54. The van der Waals surface area contributed by atoms with Gasteiger partial charge in [-0.15, -0.1) is 0 Å². The van der Waals surface area contributed by atoms with Crippen molar-refractivity contribution in [2.75, 3.05) is 27.4 Å². The zero-order valence-corrected chi connectivity index (χ0v) is 11.8. The standard InChI is InChI=1S/C14H22N2O3/c1-11(9-18-3)16(2)14(17)10-19-13-7-5-4-6-12(13)8-15/h4-7,11H,8-10,15H2,1-3H3. The number of benzene rings is 1. The van der Waals surface area contributed by atoms with Gasteiger partial charge in [0.15, 0.2) is 6.61 Å². The molecule has 5 nitrogen and oxygen atoms in total. The quantitative estimate of drug-likeness (QED) is 0.800. The third-order valence-corrected chi connectivity index (χ3v) is 3.01. The molecule has 2 N–H and O–H groups in total. The van der Waals surface area contributed by atoms with Crippen LogP contribution >= 0.6 is 0 Å². The minimum atomic E-state index is -0.0867. The molecule has 0 fully saturated rings. The Balaban J connectivity index is 2.54. The molecule has 0 heterocycles. The topological polar surface area (TPSA) is 64.8 Å². The number of rotatable bonds is 7. The maximum absolute atomic E-state index is 11.9. The van der Waals surface area contributed by atoms with Crippen LogP contribution in [0.25, 0.3) is 0 Å². The molecule has 0 spiro atoms. The van der Waals surface area contributed by atoms with Crippen molar-refractivity contribution in [1.29, 1.82) is 0 Å². The van der Waals surface area contributed by atoms with Crippen LogP contribution in [0.5, 0.6) is 5.75 Å². The first-order valence-electron chi connectivity index (χ1n) is 6.25. The molecule has 0 aliphatic rings. The fourth-order valence-corrected chi connectivity index (χ4v) is 1.65. The van der Waals surface area contributed by atoms with Gasteiger partial charge in [0, 0.05) is 26.3 Å². The summed E-state index contributed by atoms with van der Waals surface area (Å²) >= 11 is 0. The van der Waals surface area contributed by atoms with Gasteiger partial charge in [-0.1, -0.05) is 18.2 Å². The minimum Gasteiger partial charge on any atom is -0.483 e. The summed E-state index contributed by atoms with van der Waals surface area (Å²) in [4.78, 5) is 13.6. The number of hydrogen-bond acceptors (Lipinski definition) is 4. The monoisotopic (exact) mass is 266 g/mol. The van der Waals surface area contributed by atoms with Gasteiger partial charge in [-0.25, -0.2) is 0 Å². The van der Waals surface area contributed by atoms with Gasteiger partial charge in [-0.3, -0.25) is 4.79 Å². The number of ether oxygens (including phenoxy) is 2. The van der Waals surface area contributed by atoms with E-state index in [1.807, 2.05) is 31.2 Å². The Morgan fingerprint density at radius 2 is 2.11 bits per heavy atom. The molecule has 1 atom stereocenters. The Labute approximate surface area is 114 Å². The molecule has 1 amide bonds. The second-order valence-corrected chi connectivity index (χ2v) is 4.41. The van der Waals surface area contributed by atoms with E-state index >= 15 is 0 Å². The fraction of sp³-hybridized carbons (Fsp3) is 0.500. The second-order valence-electron chi connectivity index (χ2n) is 4.41. The first-order chi connectivity index (χ1) is 9.10. The van der Waals surface area contributed by atoms with Crippen LogP contribution in [0.4, 0.5) is 0 Å². The lowest BCUT2D eigenvalue weighted by molar-refractivity contribution is -0.134. The fourth-order valence-electron chi connectivity index (χ4n) is 1.65. The van der Waals surface area contributed by atoms with Crippen LogP contribution in [0, 0.1) is 0 Å². The summed E-state index contributed by atoms with van der Waals surface area (Å²) in [7, 11) is 3.35. The van der Waals surface area contributed by atoms with Crippen LogP contribution < -0.4 is 10.5 Å². The number of amides is 1. The molecule has 0 radical (unpaired) electrons. The Hall–Kier alpha value is -1.59. The van der Waals surface area contributed by atoms with Gasteiger partial charge in [0.2, 0.25) is 0 Å². The molecular weight excluding hydrogens is 244 g/mol. The number of hydrogen-bond donors (Lipinski definition) is 1. The summed E-state index contributed by atoms with van der Waals surface area (Å²) in [6.07, 6.45) is 0. The van der Waals surface area contributed by atoms with Crippen LogP contribution in [0.15, 0.2) is 24.3 Å². The molecule has 0 saturated carbocycles. The van der Waals surface area contributed by atoms with E-state index < -0.39 is 0 Å². The summed E-state index contributed by atoms with van der Waals surface area (Å²) in [6.45, 7) is 2.82. The van der Waals surface area contributed by atoms with Gasteiger partial charge in [0.05, 0.1) is 12.6 Å². The van der Waals surface area contributed by atoms with Gasteiger partial charge < -0.3 is 20.1 Å². The molecule has 1 aromatic rings. The molecule has 19 heavy (non-hydrogen) atoms. The lowest BCUT2D eigenvalue weighted by Gasteiger charge is -2.24. The SMILES string of the molecule is COCC(C)N(C)C(=O)COc1ccccc1CN. The first-order valence-corrected chi connectivity index (χ1v) is 6.25. The van der Waals surface area contributed by atoms with Crippen molar-refractivity contribution in [1.82, 2.24) is 4.90 Å². The molecule has 0 saturated heterocycles. The first kappa shape index (κ1) is 15.5. The van der Waals surface area contributed by atoms with Crippen molar-refractivity contribution in [2.45, 2.75) is 19.5 Å². The van der Waals surface area contributed by atoms with Gasteiger partial charge in [-0.2, -0.15) is 0 Å². The highest BCUT2D eigenvalue weighted by Crippen LogP contribution is 2.17. The van der Waals surface area contributed by atoms with Crippen molar-refractivity contribution in [3.05, 3.63) is 29.8 Å². The summed E-state index contributed by atoms with van der Waals surface area (Å²) in [5.74, 6) is 0.572. The van der Waals surface area contributed by atoms with Gasteiger partial charge in [-0.05, 0) is 13.0 Å². The largest absolute Gasteiger partial charge is 0.483 e. The highest BCUT2D eigenvalue weighted by atomic mass is 16.5. The molecule has 0 aliphatic carbocycles. The Bertz CT molecular complexity index is 409. The van der Waals surface area contributed by atoms with E-state index in [4.69, 9.17) is 15.2 Å². The lowest BCUT2D eigenvalue weighted by Crippen LogP contribution is -2.40. The molecule has 5 heteroatoms. The van der Waals surface area contributed by atoms with Crippen LogP contribution in [0.3, 0.4) is 0 Å². The summed E-state index contributed by atoms with van der Waals surface area (Å²) in [5, 5.41) is 0. The van der Waals surface area contributed by atoms with Gasteiger partial charge in [0.25, 0.3) is 5.91 Å². The zero-order valence-electron chi connectivity index (χ0n) is 11.8. The predicted octanol–water partition coefficient (Wildman–Crippen LogP) is 1.02. The van der Waals surface area contributed by atoms with Crippen molar-refractivity contribution in [3.8, 4) is 5.75 Å².